The average molecular weight is 316 g/mol. The molecule has 0 spiro atoms. The van der Waals surface area contributed by atoms with Gasteiger partial charge in [-0.1, -0.05) is 0 Å². The van der Waals surface area contributed by atoms with Crippen molar-refractivity contribution in [3.8, 4) is 34.1 Å². The Labute approximate surface area is 137 Å². The van der Waals surface area contributed by atoms with E-state index in [1.165, 1.54) is 0 Å². The van der Waals surface area contributed by atoms with E-state index in [9.17, 15) is 0 Å². The van der Waals surface area contributed by atoms with Gasteiger partial charge in [-0.25, -0.2) is 0 Å². The molecule has 0 saturated heterocycles. The summed E-state index contributed by atoms with van der Waals surface area (Å²) >= 11 is 0. The summed E-state index contributed by atoms with van der Waals surface area (Å²) in [6, 6.07) is 5.77. The van der Waals surface area contributed by atoms with Crippen molar-refractivity contribution in [1.29, 1.82) is 0 Å². The van der Waals surface area contributed by atoms with Crippen molar-refractivity contribution in [3.63, 3.8) is 0 Å². The Morgan fingerprint density at radius 2 is 1.26 bits per heavy atom. The quantitative estimate of drug-likeness (QED) is 0.823. The predicted molar refractivity (Wildman–Crippen MR) is 92.3 cm³/mol. The van der Waals surface area contributed by atoms with E-state index in [0.29, 0.717) is 0 Å². The molecule has 2 rings (SSSR count). The summed E-state index contributed by atoms with van der Waals surface area (Å²) in [6.45, 7) is 6.11. The van der Waals surface area contributed by atoms with Gasteiger partial charge >= 0.3 is 0 Å². The lowest BCUT2D eigenvalue weighted by atomic mass is 9.92. The van der Waals surface area contributed by atoms with Crippen LogP contribution in [0.5, 0.6) is 23.0 Å². The molecular weight excluding hydrogens is 292 g/mol. The summed E-state index contributed by atoms with van der Waals surface area (Å²) in [6.07, 6.45) is 0. The smallest absolute Gasteiger partial charge is 0.130 e. The first-order valence-corrected chi connectivity index (χ1v) is 7.44. The van der Waals surface area contributed by atoms with Crippen LogP contribution in [0.2, 0.25) is 0 Å². The molecule has 0 fully saturated rings. The molecule has 23 heavy (non-hydrogen) atoms. The van der Waals surface area contributed by atoms with Crippen molar-refractivity contribution in [1.82, 2.24) is 0 Å². The molecule has 124 valence electrons. The Hall–Kier alpha value is -2.36. The standard InChI is InChI=1S/C19H24O4/c1-11-12(2)19(23-7)17(13(3)18(11)22-6)15-9-8-14(20-4)10-16(15)21-5/h8-10H,1-7H3. The highest BCUT2D eigenvalue weighted by Crippen LogP contribution is 2.46. The summed E-state index contributed by atoms with van der Waals surface area (Å²) in [5, 5.41) is 0. The van der Waals surface area contributed by atoms with E-state index < -0.39 is 0 Å². The molecule has 0 saturated carbocycles. The Kier molecular flexibility index (Phi) is 5.04. The van der Waals surface area contributed by atoms with Gasteiger partial charge in [0, 0.05) is 22.8 Å². The molecule has 4 nitrogen and oxygen atoms in total. The lowest BCUT2D eigenvalue weighted by molar-refractivity contribution is 0.391. The fraction of sp³-hybridized carbons (Fsp3) is 0.368. The molecular formula is C19H24O4. The first kappa shape index (κ1) is 17.0. The van der Waals surface area contributed by atoms with Crippen molar-refractivity contribution in [3.05, 3.63) is 34.9 Å². The van der Waals surface area contributed by atoms with Crippen molar-refractivity contribution < 1.29 is 18.9 Å². The van der Waals surface area contributed by atoms with E-state index >= 15 is 0 Å². The molecule has 0 atom stereocenters. The van der Waals surface area contributed by atoms with Gasteiger partial charge in [0.2, 0.25) is 0 Å². The molecule has 2 aromatic rings. The minimum absolute atomic E-state index is 0.732. The molecule has 0 N–H and O–H groups in total. The normalized spacial score (nSPS) is 10.4. The van der Waals surface area contributed by atoms with Crippen LogP contribution in [0.4, 0.5) is 0 Å². The van der Waals surface area contributed by atoms with Crippen LogP contribution in [0.25, 0.3) is 11.1 Å². The first-order chi connectivity index (χ1) is 11.0. The predicted octanol–water partition coefficient (Wildman–Crippen LogP) is 4.31. The zero-order valence-electron chi connectivity index (χ0n) is 14.9. The zero-order chi connectivity index (χ0) is 17.1. The second-order valence-electron chi connectivity index (χ2n) is 5.38. The van der Waals surface area contributed by atoms with Crippen LogP contribution in [0.15, 0.2) is 18.2 Å². The average Bonchev–Trinajstić information content (AvgIpc) is 2.58. The van der Waals surface area contributed by atoms with Crippen LogP contribution in [0.3, 0.4) is 0 Å². The van der Waals surface area contributed by atoms with E-state index in [2.05, 4.69) is 0 Å². The molecule has 0 amide bonds. The molecule has 0 unspecified atom stereocenters. The first-order valence-electron chi connectivity index (χ1n) is 7.44. The van der Waals surface area contributed by atoms with E-state index in [1.807, 2.05) is 39.0 Å². The second kappa shape index (κ2) is 6.82. The Morgan fingerprint density at radius 1 is 0.652 bits per heavy atom. The number of benzene rings is 2. The zero-order valence-corrected chi connectivity index (χ0v) is 14.9. The van der Waals surface area contributed by atoms with Crippen molar-refractivity contribution in [2.45, 2.75) is 20.8 Å². The highest BCUT2D eigenvalue weighted by atomic mass is 16.5. The topological polar surface area (TPSA) is 36.9 Å². The third-order valence-electron chi connectivity index (χ3n) is 4.27. The summed E-state index contributed by atoms with van der Waals surface area (Å²) in [4.78, 5) is 0. The van der Waals surface area contributed by atoms with Gasteiger partial charge in [-0.2, -0.15) is 0 Å². The van der Waals surface area contributed by atoms with E-state index in [0.717, 1.165) is 50.8 Å². The maximum Gasteiger partial charge on any atom is 0.130 e. The van der Waals surface area contributed by atoms with Crippen molar-refractivity contribution >= 4 is 0 Å². The molecule has 2 aromatic carbocycles. The van der Waals surface area contributed by atoms with Gasteiger partial charge in [-0.3, -0.25) is 0 Å². The maximum atomic E-state index is 5.71. The SMILES string of the molecule is COc1ccc(-c2c(C)c(OC)c(C)c(C)c2OC)c(OC)c1. The van der Waals surface area contributed by atoms with Gasteiger partial charge in [-0.15, -0.1) is 0 Å². The summed E-state index contributed by atoms with van der Waals surface area (Å²) in [5.41, 5.74) is 5.09. The Bertz CT molecular complexity index is 720. The number of hydrogen-bond donors (Lipinski definition) is 0. The highest BCUT2D eigenvalue weighted by molar-refractivity contribution is 5.83. The van der Waals surface area contributed by atoms with Gasteiger partial charge in [0.25, 0.3) is 0 Å². The van der Waals surface area contributed by atoms with Crippen LogP contribution in [0.1, 0.15) is 16.7 Å². The lowest BCUT2D eigenvalue weighted by Crippen LogP contribution is -2.02. The van der Waals surface area contributed by atoms with Crippen LogP contribution in [-0.4, -0.2) is 28.4 Å². The third-order valence-corrected chi connectivity index (χ3v) is 4.27. The number of methoxy groups -OCH3 is 4. The molecule has 4 heteroatoms. The lowest BCUT2D eigenvalue weighted by Gasteiger charge is -2.22. The molecule has 0 aromatic heterocycles. The van der Waals surface area contributed by atoms with Crippen LogP contribution < -0.4 is 18.9 Å². The van der Waals surface area contributed by atoms with E-state index in [-0.39, 0.29) is 0 Å². The summed E-state index contributed by atoms with van der Waals surface area (Å²) < 4.78 is 22.2. The van der Waals surface area contributed by atoms with Crippen LogP contribution >= 0.6 is 0 Å². The van der Waals surface area contributed by atoms with Gasteiger partial charge in [0.15, 0.2) is 0 Å². The van der Waals surface area contributed by atoms with Gasteiger partial charge < -0.3 is 18.9 Å². The highest BCUT2D eigenvalue weighted by Gasteiger charge is 2.22. The summed E-state index contributed by atoms with van der Waals surface area (Å²) in [7, 11) is 6.67. The fourth-order valence-electron chi connectivity index (χ4n) is 2.98. The second-order valence-corrected chi connectivity index (χ2v) is 5.38. The Balaban J connectivity index is 2.85. The molecule has 0 aliphatic carbocycles. The van der Waals surface area contributed by atoms with Gasteiger partial charge in [0.05, 0.1) is 28.4 Å². The van der Waals surface area contributed by atoms with Crippen molar-refractivity contribution in [2.24, 2.45) is 0 Å². The van der Waals surface area contributed by atoms with Crippen molar-refractivity contribution in [2.75, 3.05) is 28.4 Å². The molecule has 0 bridgehead atoms. The number of hydrogen-bond acceptors (Lipinski definition) is 4. The molecule has 0 radical (unpaired) electrons. The fourth-order valence-corrected chi connectivity index (χ4v) is 2.98. The van der Waals surface area contributed by atoms with Crippen LogP contribution in [-0.2, 0) is 0 Å². The number of rotatable bonds is 5. The number of ether oxygens (including phenoxy) is 4. The molecule has 0 aliphatic heterocycles. The largest absolute Gasteiger partial charge is 0.497 e. The Morgan fingerprint density at radius 3 is 1.78 bits per heavy atom. The van der Waals surface area contributed by atoms with E-state index in [4.69, 9.17) is 18.9 Å². The molecule has 0 heterocycles. The maximum absolute atomic E-state index is 5.71. The van der Waals surface area contributed by atoms with E-state index in [1.54, 1.807) is 28.4 Å². The van der Waals surface area contributed by atoms with Gasteiger partial charge in [-0.05, 0) is 44.0 Å². The monoisotopic (exact) mass is 316 g/mol. The minimum atomic E-state index is 0.732. The minimum Gasteiger partial charge on any atom is -0.497 e. The summed E-state index contributed by atoms with van der Waals surface area (Å²) in [5.74, 6) is 3.19. The van der Waals surface area contributed by atoms with Crippen LogP contribution in [0, 0.1) is 20.8 Å². The van der Waals surface area contributed by atoms with Gasteiger partial charge in [0.1, 0.15) is 23.0 Å². The molecule has 0 aliphatic rings. The third kappa shape index (κ3) is 2.81.